The highest BCUT2D eigenvalue weighted by Crippen LogP contribution is 2.29. The molecule has 0 amide bonds. The quantitative estimate of drug-likeness (QED) is 0.727. The highest BCUT2D eigenvalue weighted by Gasteiger charge is 2.13. The lowest BCUT2D eigenvalue weighted by molar-refractivity contribution is 0.105. The first-order valence-corrected chi connectivity index (χ1v) is 8.48. The molecule has 1 aromatic carbocycles. The van der Waals surface area contributed by atoms with Gasteiger partial charge in [-0.25, -0.2) is 0 Å². The molecule has 2 N–H and O–H groups in total. The second-order valence-electron chi connectivity index (χ2n) is 6.62. The van der Waals surface area contributed by atoms with E-state index in [0.717, 1.165) is 16.9 Å². The molecule has 2 aromatic rings. The first-order valence-electron chi connectivity index (χ1n) is 8.48. The standard InChI is InChI=1S/C19H28N2O3/c1-12(2)20-10-16(22)11-23-17-8-6-7-15-9-18(24-19(15)17)14(5)21-13(3)4/h6-9,12-13,16,20,22H,10-11H2,1-5H3/b21-14+. The zero-order valence-electron chi connectivity index (χ0n) is 15.2. The first kappa shape index (κ1) is 18.5. The van der Waals surface area contributed by atoms with Gasteiger partial charge in [0.15, 0.2) is 11.3 Å². The molecule has 24 heavy (non-hydrogen) atoms. The molecule has 5 nitrogen and oxygen atoms in total. The minimum absolute atomic E-state index is 0.216. The van der Waals surface area contributed by atoms with Gasteiger partial charge < -0.3 is 19.6 Å². The minimum atomic E-state index is -0.568. The molecular weight excluding hydrogens is 304 g/mol. The molecule has 1 unspecified atom stereocenters. The topological polar surface area (TPSA) is 67.0 Å². The van der Waals surface area contributed by atoms with Crippen LogP contribution in [-0.2, 0) is 0 Å². The predicted molar refractivity (Wildman–Crippen MR) is 98.2 cm³/mol. The van der Waals surface area contributed by atoms with Crippen LogP contribution in [0, 0.1) is 0 Å². The maximum absolute atomic E-state index is 9.99. The van der Waals surface area contributed by atoms with Crippen molar-refractivity contribution >= 4 is 16.7 Å². The van der Waals surface area contributed by atoms with E-state index in [0.29, 0.717) is 23.9 Å². The summed E-state index contributed by atoms with van der Waals surface area (Å²) in [5.41, 5.74) is 1.56. The van der Waals surface area contributed by atoms with Crippen LogP contribution in [0.3, 0.4) is 0 Å². The average molecular weight is 332 g/mol. The first-order chi connectivity index (χ1) is 11.4. The third-order valence-electron chi connectivity index (χ3n) is 3.51. The molecule has 132 valence electrons. The summed E-state index contributed by atoms with van der Waals surface area (Å²) >= 11 is 0. The van der Waals surface area contributed by atoms with Crippen LogP contribution in [0.25, 0.3) is 11.0 Å². The van der Waals surface area contributed by atoms with Crippen LogP contribution < -0.4 is 10.1 Å². The summed E-state index contributed by atoms with van der Waals surface area (Å²) in [5, 5.41) is 14.1. The number of furan rings is 1. The van der Waals surface area contributed by atoms with Gasteiger partial charge in [0, 0.05) is 24.0 Å². The Hall–Kier alpha value is -1.85. The van der Waals surface area contributed by atoms with Crippen molar-refractivity contribution in [3.8, 4) is 5.75 Å². The number of fused-ring (bicyclic) bond motifs is 1. The van der Waals surface area contributed by atoms with Gasteiger partial charge in [-0.15, -0.1) is 0 Å². The third-order valence-corrected chi connectivity index (χ3v) is 3.51. The fourth-order valence-electron chi connectivity index (χ4n) is 2.40. The van der Waals surface area contributed by atoms with E-state index < -0.39 is 6.10 Å². The number of para-hydroxylation sites is 1. The fourth-order valence-corrected chi connectivity index (χ4v) is 2.40. The summed E-state index contributed by atoms with van der Waals surface area (Å²) in [4.78, 5) is 4.52. The van der Waals surface area contributed by atoms with Crippen molar-refractivity contribution < 1.29 is 14.3 Å². The Morgan fingerprint density at radius 3 is 2.71 bits per heavy atom. The van der Waals surface area contributed by atoms with E-state index in [9.17, 15) is 5.11 Å². The highest BCUT2D eigenvalue weighted by atomic mass is 16.5. The van der Waals surface area contributed by atoms with E-state index in [2.05, 4.69) is 10.3 Å². The number of nitrogens with one attached hydrogen (secondary N) is 1. The van der Waals surface area contributed by atoms with Crippen molar-refractivity contribution in [1.29, 1.82) is 0 Å². The highest BCUT2D eigenvalue weighted by molar-refractivity contribution is 6.00. The van der Waals surface area contributed by atoms with Gasteiger partial charge in [-0.2, -0.15) is 0 Å². The van der Waals surface area contributed by atoms with Crippen molar-refractivity contribution in [3.05, 3.63) is 30.0 Å². The number of hydrogen-bond acceptors (Lipinski definition) is 5. The van der Waals surface area contributed by atoms with Gasteiger partial charge in [-0.1, -0.05) is 26.0 Å². The van der Waals surface area contributed by atoms with E-state index in [1.807, 2.05) is 58.9 Å². The summed E-state index contributed by atoms with van der Waals surface area (Å²) in [6.45, 7) is 10.8. The summed E-state index contributed by atoms with van der Waals surface area (Å²) in [5.74, 6) is 1.39. The van der Waals surface area contributed by atoms with Crippen LogP contribution in [0.2, 0.25) is 0 Å². The molecule has 1 aromatic heterocycles. The number of aliphatic hydroxyl groups is 1. The Morgan fingerprint density at radius 1 is 1.29 bits per heavy atom. The van der Waals surface area contributed by atoms with E-state index >= 15 is 0 Å². The van der Waals surface area contributed by atoms with Crippen molar-refractivity contribution in [2.24, 2.45) is 4.99 Å². The van der Waals surface area contributed by atoms with Gasteiger partial charge in [-0.3, -0.25) is 4.99 Å². The van der Waals surface area contributed by atoms with Crippen LogP contribution >= 0.6 is 0 Å². The Bertz CT molecular complexity index is 689. The lowest BCUT2D eigenvalue weighted by Crippen LogP contribution is -2.35. The van der Waals surface area contributed by atoms with Crippen LogP contribution in [0.4, 0.5) is 0 Å². The summed E-state index contributed by atoms with van der Waals surface area (Å²) in [6.07, 6.45) is -0.568. The van der Waals surface area contributed by atoms with E-state index in [4.69, 9.17) is 9.15 Å². The molecule has 1 heterocycles. The molecule has 1 atom stereocenters. The zero-order chi connectivity index (χ0) is 17.7. The Balaban J connectivity index is 2.12. The smallest absolute Gasteiger partial charge is 0.176 e. The molecule has 0 aliphatic rings. The SMILES string of the molecule is C/C(=N\C(C)C)c1cc2cccc(OCC(O)CNC(C)C)c2o1. The second kappa shape index (κ2) is 8.31. The van der Waals surface area contributed by atoms with E-state index in [-0.39, 0.29) is 12.6 Å². The lowest BCUT2D eigenvalue weighted by atomic mass is 10.2. The largest absolute Gasteiger partial charge is 0.487 e. The van der Waals surface area contributed by atoms with Gasteiger partial charge in [0.1, 0.15) is 18.5 Å². The molecular formula is C19H28N2O3. The van der Waals surface area contributed by atoms with Crippen LogP contribution in [0.5, 0.6) is 5.75 Å². The number of hydrogen-bond donors (Lipinski definition) is 2. The molecule has 0 aliphatic heterocycles. The number of benzene rings is 1. The fraction of sp³-hybridized carbons (Fsp3) is 0.526. The van der Waals surface area contributed by atoms with Gasteiger partial charge in [-0.05, 0) is 32.9 Å². The van der Waals surface area contributed by atoms with Gasteiger partial charge in [0.05, 0.1) is 5.71 Å². The lowest BCUT2D eigenvalue weighted by Gasteiger charge is -2.15. The minimum Gasteiger partial charge on any atom is -0.487 e. The maximum Gasteiger partial charge on any atom is 0.176 e. The summed E-state index contributed by atoms with van der Waals surface area (Å²) in [6, 6.07) is 8.28. The third kappa shape index (κ3) is 5.08. The molecule has 0 fully saturated rings. The van der Waals surface area contributed by atoms with Crippen LogP contribution in [0.15, 0.2) is 33.7 Å². The van der Waals surface area contributed by atoms with Crippen molar-refractivity contribution in [2.45, 2.75) is 52.8 Å². The Morgan fingerprint density at radius 2 is 2.04 bits per heavy atom. The second-order valence-corrected chi connectivity index (χ2v) is 6.62. The van der Waals surface area contributed by atoms with Gasteiger partial charge in [0.2, 0.25) is 0 Å². The number of nitrogens with zero attached hydrogens (tertiary/aromatic N) is 1. The monoisotopic (exact) mass is 332 g/mol. The molecule has 0 saturated heterocycles. The molecule has 0 aliphatic carbocycles. The van der Waals surface area contributed by atoms with Crippen LogP contribution in [-0.4, -0.2) is 42.2 Å². The maximum atomic E-state index is 9.99. The van der Waals surface area contributed by atoms with Crippen LogP contribution in [0.1, 0.15) is 40.4 Å². The number of ether oxygens (including phenoxy) is 1. The van der Waals surface area contributed by atoms with E-state index in [1.165, 1.54) is 0 Å². The molecule has 0 saturated carbocycles. The predicted octanol–water partition coefficient (Wildman–Crippen LogP) is 3.39. The van der Waals surface area contributed by atoms with Gasteiger partial charge >= 0.3 is 0 Å². The summed E-state index contributed by atoms with van der Waals surface area (Å²) < 4.78 is 11.7. The number of aliphatic hydroxyl groups excluding tert-OH is 1. The molecule has 0 bridgehead atoms. The number of rotatable bonds is 8. The van der Waals surface area contributed by atoms with Crippen molar-refractivity contribution in [1.82, 2.24) is 5.32 Å². The van der Waals surface area contributed by atoms with Crippen molar-refractivity contribution in [3.63, 3.8) is 0 Å². The Kier molecular flexibility index (Phi) is 6.40. The molecule has 0 spiro atoms. The van der Waals surface area contributed by atoms with Crippen molar-refractivity contribution in [2.75, 3.05) is 13.2 Å². The average Bonchev–Trinajstić information content (AvgIpc) is 2.95. The Labute approximate surface area is 143 Å². The molecule has 0 radical (unpaired) electrons. The molecule has 5 heteroatoms. The molecule has 2 rings (SSSR count). The zero-order valence-corrected chi connectivity index (χ0v) is 15.2. The summed E-state index contributed by atoms with van der Waals surface area (Å²) in [7, 11) is 0. The van der Waals surface area contributed by atoms with Gasteiger partial charge in [0.25, 0.3) is 0 Å². The number of aliphatic imine (C=N–C) groups is 1. The normalized spacial score (nSPS) is 13.9. The van der Waals surface area contributed by atoms with E-state index in [1.54, 1.807) is 0 Å².